The first kappa shape index (κ1) is 14.0. The Morgan fingerprint density at radius 3 is 2.70 bits per heavy atom. The predicted octanol–water partition coefficient (Wildman–Crippen LogP) is 0.693. The van der Waals surface area contributed by atoms with E-state index in [1.54, 1.807) is 4.90 Å². The second kappa shape index (κ2) is 5.52. The summed E-state index contributed by atoms with van der Waals surface area (Å²) in [6.07, 6.45) is 0. The minimum atomic E-state index is -0.385. The van der Waals surface area contributed by atoms with Crippen molar-refractivity contribution in [1.29, 1.82) is 0 Å². The summed E-state index contributed by atoms with van der Waals surface area (Å²) >= 11 is 0. The average molecular weight is 308 g/mol. The molecule has 1 atom stereocenters. The molecule has 0 aliphatic carbocycles. The van der Waals surface area contributed by atoms with E-state index in [1.165, 1.54) is 0 Å². The van der Waals surface area contributed by atoms with Gasteiger partial charge in [-0.1, -0.05) is 36.4 Å². The lowest BCUT2D eigenvalue weighted by molar-refractivity contribution is -0.665. The van der Waals surface area contributed by atoms with Gasteiger partial charge >= 0.3 is 0 Å². The number of anilines is 1. The number of fused-ring (bicyclic) bond motifs is 2. The highest BCUT2D eigenvalue weighted by Gasteiger charge is 2.38. The Morgan fingerprint density at radius 1 is 1.04 bits per heavy atom. The van der Waals surface area contributed by atoms with Crippen LogP contribution in [0.25, 0.3) is 11.1 Å². The second-order valence-electron chi connectivity index (χ2n) is 5.94. The first-order valence-corrected chi connectivity index (χ1v) is 7.87. The molecule has 2 aliphatic rings. The zero-order valence-corrected chi connectivity index (χ0v) is 12.7. The SMILES string of the molecule is O=C1Nc2ccc(-c3ccccc3)cc2C(=O)N2CC[NH2+]C[C@@H]12. The molecule has 0 aromatic heterocycles. The van der Waals surface area contributed by atoms with Gasteiger partial charge in [0.2, 0.25) is 0 Å². The topological polar surface area (TPSA) is 66.0 Å². The molecule has 3 N–H and O–H groups in total. The van der Waals surface area contributed by atoms with Crippen LogP contribution in [0.2, 0.25) is 0 Å². The van der Waals surface area contributed by atoms with Gasteiger partial charge in [0, 0.05) is 0 Å². The van der Waals surface area contributed by atoms with Gasteiger partial charge in [0.15, 0.2) is 6.04 Å². The maximum Gasteiger partial charge on any atom is 0.257 e. The van der Waals surface area contributed by atoms with Crippen molar-refractivity contribution in [2.24, 2.45) is 0 Å². The molecule has 2 amide bonds. The monoisotopic (exact) mass is 308 g/mol. The van der Waals surface area contributed by atoms with Crippen molar-refractivity contribution in [2.75, 3.05) is 25.0 Å². The second-order valence-corrected chi connectivity index (χ2v) is 5.94. The molecule has 1 fully saturated rings. The van der Waals surface area contributed by atoms with Gasteiger partial charge in [-0.2, -0.15) is 0 Å². The van der Waals surface area contributed by atoms with Crippen molar-refractivity contribution in [3.8, 4) is 11.1 Å². The maximum absolute atomic E-state index is 12.9. The van der Waals surface area contributed by atoms with Crippen LogP contribution in [0.4, 0.5) is 5.69 Å². The first-order chi connectivity index (χ1) is 11.2. The van der Waals surface area contributed by atoms with Crippen molar-refractivity contribution >= 4 is 17.5 Å². The third kappa shape index (κ3) is 2.39. The van der Waals surface area contributed by atoms with E-state index in [0.29, 0.717) is 24.3 Å². The minimum Gasteiger partial charge on any atom is -0.343 e. The number of amides is 2. The molecule has 2 heterocycles. The number of hydrogen-bond donors (Lipinski definition) is 2. The van der Waals surface area contributed by atoms with Crippen LogP contribution in [0.1, 0.15) is 10.4 Å². The molecular weight excluding hydrogens is 290 g/mol. The summed E-state index contributed by atoms with van der Waals surface area (Å²) in [5.74, 6) is -0.158. The van der Waals surface area contributed by atoms with Crippen LogP contribution >= 0.6 is 0 Å². The number of carbonyl (C=O) groups is 2. The molecule has 116 valence electrons. The van der Waals surface area contributed by atoms with E-state index in [0.717, 1.165) is 17.7 Å². The van der Waals surface area contributed by atoms with Gasteiger partial charge in [0.25, 0.3) is 11.8 Å². The molecule has 0 radical (unpaired) electrons. The lowest BCUT2D eigenvalue weighted by atomic mass is 10.0. The van der Waals surface area contributed by atoms with Crippen molar-refractivity contribution in [3.05, 3.63) is 54.1 Å². The standard InChI is InChI=1S/C18H17N3O2/c22-17-16-11-19-8-9-21(16)18(23)14-10-13(6-7-15(14)20-17)12-4-2-1-3-5-12/h1-7,10,16,19H,8-9,11H2,(H,20,22)/p+1/t16-/m0/s1. The molecule has 0 spiro atoms. The van der Waals surface area contributed by atoms with Gasteiger partial charge in [0.1, 0.15) is 6.54 Å². The number of nitrogens with zero attached hydrogens (tertiary/aromatic N) is 1. The van der Waals surface area contributed by atoms with Crippen LogP contribution < -0.4 is 10.6 Å². The Kier molecular flexibility index (Phi) is 3.35. The van der Waals surface area contributed by atoms with Crippen LogP contribution in [-0.2, 0) is 4.79 Å². The summed E-state index contributed by atoms with van der Waals surface area (Å²) in [6, 6.07) is 15.2. The van der Waals surface area contributed by atoms with E-state index >= 15 is 0 Å². The fourth-order valence-corrected chi connectivity index (χ4v) is 3.29. The number of nitrogens with one attached hydrogen (secondary N) is 1. The van der Waals surface area contributed by atoms with E-state index in [2.05, 4.69) is 10.6 Å². The molecule has 0 saturated carbocycles. The number of rotatable bonds is 1. The van der Waals surface area contributed by atoms with Gasteiger partial charge < -0.3 is 15.5 Å². The van der Waals surface area contributed by atoms with E-state index < -0.39 is 0 Å². The fourth-order valence-electron chi connectivity index (χ4n) is 3.29. The molecule has 0 bridgehead atoms. The molecule has 5 heteroatoms. The largest absolute Gasteiger partial charge is 0.343 e. The molecule has 23 heavy (non-hydrogen) atoms. The average Bonchev–Trinajstić information content (AvgIpc) is 2.71. The molecule has 4 rings (SSSR count). The van der Waals surface area contributed by atoms with E-state index in [9.17, 15) is 9.59 Å². The number of benzene rings is 2. The van der Waals surface area contributed by atoms with Crippen LogP contribution in [0, 0.1) is 0 Å². The van der Waals surface area contributed by atoms with E-state index in [-0.39, 0.29) is 17.9 Å². The Hall–Kier alpha value is -2.66. The van der Waals surface area contributed by atoms with Crippen LogP contribution in [0.3, 0.4) is 0 Å². The molecule has 2 aromatic carbocycles. The normalized spacial score (nSPS) is 20.3. The summed E-state index contributed by atoms with van der Waals surface area (Å²) < 4.78 is 0. The van der Waals surface area contributed by atoms with Gasteiger partial charge in [0.05, 0.1) is 24.3 Å². The maximum atomic E-state index is 12.9. The summed E-state index contributed by atoms with van der Waals surface area (Å²) in [5.41, 5.74) is 3.22. The Balaban J connectivity index is 1.79. The number of hydrogen-bond acceptors (Lipinski definition) is 2. The quantitative estimate of drug-likeness (QED) is 0.814. The molecule has 2 aliphatic heterocycles. The molecule has 2 aromatic rings. The highest BCUT2D eigenvalue weighted by molar-refractivity contribution is 6.10. The summed E-state index contributed by atoms with van der Waals surface area (Å²) in [5, 5.41) is 4.99. The van der Waals surface area contributed by atoms with Gasteiger partial charge in [-0.25, -0.2) is 0 Å². The Labute approximate surface area is 134 Å². The highest BCUT2D eigenvalue weighted by atomic mass is 16.2. The Bertz CT molecular complexity index is 773. The zero-order chi connectivity index (χ0) is 15.8. The van der Waals surface area contributed by atoms with Gasteiger partial charge in [-0.05, 0) is 23.3 Å². The summed E-state index contributed by atoms with van der Waals surface area (Å²) in [4.78, 5) is 27.0. The van der Waals surface area contributed by atoms with Crippen molar-refractivity contribution in [1.82, 2.24) is 4.90 Å². The highest BCUT2D eigenvalue weighted by Crippen LogP contribution is 2.29. The van der Waals surface area contributed by atoms with Crippen LogP contribution in [0.5, 0.6) is 0 Å². The lowest BCUT2D eigenvalue weighted by Gasteiger charge is -2.30. The first-order valence-electron chi connectivity index (χ1n) is 7.87. The van der Waals surface area contributed by atoms with Crippen molar-refractivity contribution in [3.63, 3.8) is 0 Å². The predicted molar refractivity (Wildman–Crippen MR) is 87.0 cm³/mol. The zero-order valence-electron chi connectivity index (χ0n) is 12.7. The number of piperazine rings is 1. The third-order valence-corrected chi connectivity index (χ3v) is 4.52. The number of quaternary nitrogens is 1. The molecular formula is C18H18N3O2+. The van der Waals surface area contributed by atoms with E-state index in [1.807, 2.05) is 48.5 Å². The molecule has 5 nitrogen and oxygen atoms in total. The van der Waals surface area contributed by atoms with Crippen molar-refractivity contribution in [2.45, 2.75) is 6.04 Å². The molecule has 0 unspecified atom stereocenters. The summed E-state index contributed by atoms with van der Waals surface area (Å²) in [6.45, 7) is 2.06. The Morgan fingerprint density at radius 2 is 1.87 bits per heavy atom. The minimum absolute atomic E-state index is 0.0609. The summed E-state index contributed by atoms with van der Waals surface area (Å²) in [7, 11) is 0. The van der Waals surface area contributed by atoms with Crippen LogP contribution in [-0.4, -0.2) is 42.4 Å². The number of nitrogens with two attached hydrogens (primary N) is 1. The fraction of sp³-hybridized carbons (Fsp3) is 0.222. The smallest absolute Gasteiger partial charge is 0.257 e. The third-order valence-electron chi connectivity index (χ3n) is 4.52. The lowest BCUT2D eigenvalue weighted by Crippen LogP contribution is -2.92. The van der Waals surface area contributed by atoms with Crippen LogP contribution in [0.15, 0.2) is 48.5 Å². The molecule has 1 saturated heterocycles. The number of carbonyl (C=O) groups excluding carboxylic acids is 2. The van der Waals surface area contributed by atoms with Gasteiger partial charge in [-0.15, -0.1) is 0 Å². The van der Waals surface area contributed by atoms with E-state index in [4.69, 9.17) is 0 Å². The van der Waals surface area contributed by atoms with Gasteiger partial charge in [-0.3, -0.25) is 9.59 Å². The van der Waals surface area contributed by atoms with Crippen molar-refractivity contribution < 1.29 is 14.9 Å².